The lowest BCUT2D eigenvalue weighted by Gasteiger charge is -2.24. The molecule has 1 aromatic carbocycles. The Bertz CT molecular complexity index is 544. The second kappa shape index (κ2) is 6.56. The Morgan fingerprint density at radius 1 is 1.33 bits per heavy atom. The maximum Gasteiger partial charge on any atom is 0.308 e. The van der Waals surface area contributed by atoms with Crippen LogP contribution >= 0.6 is 0 Å². The Balaban J connectivity index is 2.18. The van der Waals surface area contributed by atoms with E-state index in [4.69, 9.17) is 0 Å². The van der Waals surface area contributed by atoms with Gasteiger partial charge in [-0.25, -0.2) is 0 Å². The first-order valence-electron chi connectivity index (χ1n) is 7.23. The second-order valence-electron chi connectivity index (χ2n) is 5.59. The van der Waals surface area contributed by atoms with Gasteiger partial charge in [0, 0.05) is 23.9 Å². The van der Waals surface area contributed by atoms with Gasteiger partial charge in [0.05, 0.1) is 10.8 Å². The van der Waals surface area contributed by atoms with E-state index in [9.17, 15) is 20.0 Å². The summed E-state index contributed by atoms with van der Waals surface area (Å²) in [5.41, 5.74) is 1.59. The van der Waals surface area contributed by atoms with Crippen LogP contribution in [0.1, 0.15) is 37.7 Å². The molecule has 0 aliphatic heterocycles. The minimum atomic E-state index is -0.769. The van der Waals surface area contributed by atoms with Crippen molar-refractivity contribution in [2.24, 2.45) is 5.92 Å². The molecule has 0 bridgehead atoms. The summed E-state index contributed by atoms with van der Waals surface area (Å²) in [5, 5.41) is 23.4. The van der Waals surface area contributed by atoms with Gasteiger partial charge in [-0.2, -0.15) is 0 Å². The van der Waals surface area contributed by atoms with Crippen LogP contribution in [0, 0.1) is 23.0 Å². The summed E-state index contributed by atoms with van der Waals surface area (Å²) < 4.78 is 0. The zero-order valence-electron chi connectivity index (χ0n) is 12.0. The SMILES string of the molecule is Cc1cc([N+](=O)[O-])ccc1NC1CCCCCC1C(=O)O. The molecule has 1 aliphatic carbocycles. The normalized spacial score (nSPS) is 22.3. The van der Waals surface area contributed by atoms with Gasteiger partial charge in [0.15, 0.2) is 0 Å². The number of carboxylic acids is 1. The molecule has 2 unspecified atom stereocenters. The van der Waals surface area contributed by atoms with Crippen molar-refractivity contribution in [2.75, 3.05) is 5.32 Å². The maximum absolute atomic E-state index is 11.4. The Labute approximate surface area is 123 Å². The Kier molecular flexibility index (Phi) is 4.77. The molecule has 2 N–H and O–H groups in total. The fourth-order valence-electron chi connectivity index (χ4n) is 2.90. The number of hydrogen-bond acceptors (Lipinski definition) is 4. The minimum absolute atomic E-state index is 0.0497. The number of aryl methyl sites for hydroxylation is 1. The lowest BCUT2D eigenvalue weighted by Crippen LogP contribution is -2.33. The third-order valence-electron chi connectivity index (χ3n) is 4.09. The van der Waals surface area contributed by atoms with Gasteiger partial charge in [-0.15, -0.1) is 0 Å². The fraction of sp³-hybridized carbons (Fsp3) is 0.533. The molecule has 21 heavy (non-hydrogen) atoms. The van der Waals surface area contributed by atoms with Crippen LogP contribution in [0.15, 0.2) is 18.2 Å². The molecule has 1 saturated carbocycles. The van der Waals surface area contributed by atoms with E-state index in [1.165, 1.54) is 12.1 Å². The number of carbonyl (C=O) groups is 1. The van der Waals surface area contributed by atoms with Crippen LogP contribution in [0.3, 0.4) is 0 Å². The van der Waals surface area contributed by atoms with Gasteiger partial charge in [0.2, 0.25) is 0 Å². The predicted octanol–water partition coefficient (Wildman–Crippen LogP) is 3.35. The van der Waals surface area contributed by atoms with Crippen LogP contribution in [0.2, 0.25) is 0 Å². The van der Waals surface area contributed by atoms with Gasteiger partial charge in [0.25, 0.3) is 5.69 Å². The van der Waals surface area contributed by atoms with Crippen LogP contribution in [0.5, 0.6) is 0 Å². The third kappa shape index (κ3) is 3.71. The third-order valence-corrected chi connectivity index (χ3v) is 4.09. The molecule has 2 rings (SSSR count). The van der Waals surface area contributed by atoms with Gasteiger partial charge in [0.1, 0.15) is 0 Å². The number of aliphatic carboxylic acids is 1. The molecule has 0 amide bonds. The zero-order chi connectivity index (χ0) is 15.4. The van der Waals surface area contributed by atoms with Crippen LogP contribution in [0.4, 0.5) is 11.4 Å². The largest absolute Gasteiger partial charge is 0.481 e. The molecule has 1 fully saturated rings. The molecule has 0 radical (unpaired) electrons. The van der Waals surface area contributed by atoms with Gasteiger partial charge in [-0.05, 0) is 31.4 Å². The quantitative estimate of drug-likeness (QED) is 0.504. The molecule has 0 aromatic heterocycles. The average Bonchev–Trinajstić information content (AvgIpc) is 2.66. The highest BCUT2D eigenvalue weighted by Crippen LogP contribution is 2.29. The maximum atomic E-state index is 11.4. The van der Waals surface area contributed by atoms with E-state index < -0.39 is 16.8 Å². The molecule has 114 valence electrons. The summed E-state index contributed by atoms with van der Waals surface area (Å²) in [4.78, 5) is 21.7. The van der Waals surface area contributed by atoms with Crippen molar-refractivity contribution in [2.45, 2.75) is 45.1 Å². The number of nitrogens with one attached hydrogen (secondary N) is 1. The number of anilines is 1. The van der Waals surface area contributed by atoms with Gasteiger partial charge in [-0.1, -0.05) is 19.3 Å². The van der Waals surface area contributed by atoms with E-state index >= 15 is 0 Å². The summed E-state index contributed by atoms with van der Waals surface area (Å²) >= 11 is 0. The summed E-state index contributed by atoms with van der Waals surface area (Å²) in [6.07, 6.45) is 4.50. The van der Waals surface area contributed by atoms with Crippen LogP contribution < -0.4 is 5.32 Å². The number of nitro benzene ring substituents is 1. The molecule has 1 aliphatic rings. The van der Waals surface area contributed by atoms with Crippen molar-refractivity contribution in [3.8, 4) is 0 Å². The monoisotopic (exact) mass is 292 g/mol. The summed E-state index contributed by atoms with van der Waals surface area (Å²) in [6, 6.07) is 4.50. The van der Waals surface area contributed by atoms with E-state index in [-0.39, 0.29) is 11.7 Å². The van der Waals surface area contributed by atoms with Crippen LogP contribution in [-0.4, -0.2) is 22.0 Å². The first-order chi connectivity index (χ1) is 9.99. The zero-order valence-corrected chi connectivity index (χ0v) is 12.0. The fourth-order valence-corrected chi connectivity index (χ4v) is 2.90. The number of carboxylic acid groups (broad SMARTS) is 1. The van der Waals surface area contributed by atoms with E-state index in [0.717, 1.165) is 36.9 Å². The summed E-state index contributed by atoms with van der Waals surface area (Å²) in [5.74, 6) is -1.17. The topological polar surface area (TPSA) is 92.5 Å². The number of hydrogen-bond donors (Lipinski definition) is 2. The number of rotatable bonds is 4. The van der Waals surface area contributed by atoms with Crippen molar-refractivity contribution >= 4 is 17.3 Å². The van der Waals surface area contributed by atoms with E-state index in [0.29, 0.717) is 6.42 Å². The van der Waals surface area contributed by atoms with Crippen molar-refractivity contribution < 1.29 is 14.8 Å². The first kappa shape index (κ1) is 15.3. The second-order valence-corrected chi connectivity index (χ2v) is 5.59. The van der Waals surface area contributed by atoms with Crippen molar-refractivity contribution in [1.82, 2.24) is 0 Å². The molecule has 2 atom stereocenters. The highest BCUT2D eigenvalue weighted by Gasteiger charge is 2.29. The number of nitro groups is 1. The molecule has 1 aromatic rings. The molecule has 0 heterocycles. The number of non-ortho nitro benzene ring substituents is 1. The summed E-state index contributed by atoms with van der Waals surface area (Å²) in [6.45, 7) is 1.79. The highest BCUT2D eigenvalue weighted by atomic mass is 16.6. The smallest absolute Gasteiger partial charge is 0.308 e. The molecule has 6 heteroatoms. The van der Waals surface area contributed by atoms with E-state index in [2.05, 4.69) is 5.32 Å². The standard InChI is InChI=1S/C15H20N2O4/c1-10-9-11(17(20)21)7-8-13(10)16-14-6-4-2-3-5-12(14)15(18)19/h7-9,12,14,16H,2-6H2,1H3,(H,18,19). The molecule has 6 nitrogen and oxygen atoms in total. The number of nitrogens with zero attached hydrogens (tertiary/aromatic N) is 1. The van der Waals surface area contributed by atoms with Gasteiger partial charge >= 0.3 is 5.97 Å². The molecular formula is C15H20N2O4. The van der Waals surface area contributed by atoms with Crippen molar-refractivity contribution in [3.05, 3.63) is 33.9 Å². The van der Waals surface area contributed by atoms with Crippen molar-refractivity contribution in [3.63, 3.8) is 0 Å². The Hall–Kier alpha value is -2.11. The van der Waals surface area contributed by atoms with E-state index in [1.54, 1.807) is 13.0 Å². The minimum Gasteiger partial charge on any atom is -0.481 e. The highest BCUT2D eigenvalue weighted by molar-refractivity contribution is 5.72. The van der Waals surface area contributed by atoms with E-state index in [1.807, 2.05) is 0 Å². The lowest BCUT2D eigenvalue weighted by molar-refractivity contribution is -0.384. The molecule has 0 saturated heterocycles. The van der Waals surface area contributed by atoms with Gasteiger partial charge in [-0.3, -0.25) is 14.9 Å². The summed E-state index contributed by atoms with van der Waals surface area (Å²) in [7, 11) is 0. The average molecular weight is 292 g/mol. The van der Waals surface area contributed by atoms with Crippen molar-refractivity contribution in [1.29, 1.82) is 0 Å². The Morgan fingerprint density at radius 2 is 2.05 bits per heavy atom. The molecule has 0 spiro atoms. The lowest BCUT2D eigenvalue weighted by atomic mass is 9.94. The predicted molar refractivity (Wildman–Crippen MR) is 79.5 cm³/mol. The van der Waals surface area contributed by atoms with Crippen LogP contribution in [0.25, 0.3) is 0 Å². The Morgan fingerprint density at radius 3 is 2.67 bits per heavy atom. The van der Waals surface area contributed by atoms with Gasteiger partial charge < -0.3 is 10.4 Å². The van der Waals surface area contributed by atoms with Crippen LogP contribution in [-0.2, 0) is 4.79 Å². The number of benzene rings is 1. The molecular weight excluding hydrogens is 272 g/mol. The first-order valence-corrected chi connectivity index (χ1v) is 7.23.